The summed E-state index contributed by atoms with van der Waals surface area (Å²) in [5.41, 5.74) is 0.268. The number of hydrogen-bond donors (Lipinski definition) is 2. The van der Waals surface area contributed by atoms with Gasteiger partial charge in [-0.25, -0.2) is 17.7 Å². The Bertz CT molecular complexity index is 1430. The van der Waals surface area contributed by atoms with Gasteiger partial charge in [-0.15, -0.1) is 0 Å². The Labute approximate surface area is 248 Å². The number of imidazole rings is 1. The third-order valence-corrected chi connectivity index (χ3v) is 9.81. The van der Waals surface area contributed by atoms with E-state index in [2.05, 4.69) is 9.71 Å². The molecule has 4 atom stereocenters. The number of benzene rings is 1. The Hall–Kier alpha value is -2.72. The molecule has 42 heavy (non-hydrogen) atoms. The second kappa shape index (κ2) is 14.2. The number of aryl methyl sites for hydroxylation is 1. The van der Waals surface area contributed by atoms with E-state index in [9.17, 15) is 26.7 Å². The summed E-state index contributed by atoms with van der Waals surface area (Å²) in [6, 6.07) is 3.89. The number of likely N-dealkylation sites (N-methyl/N-ethyl adjacent to an activating group) is 1. The van der Waals surface area contributed by atoms with Gasteiger partial charge in [-0.3, -0.25) is 9.52 Å². The van der Waals surface area contributed by atoms with Gasteiger partial charge in [-0.1, -0.05) is 6.92 Å². The van der Waals surface area contributed by atoms with E-state index in [4.69, 9.17) is 9.47 Å². The van der Waals surface area contributed by atoms with Crippen LogP contribution in [-0.2, 0) is 31.8 Å². The molecule has 3 rings (SSSR count). The second-order valence-electron chi connectivity index (χ2n) is 11.0. The van der Waals surface area contributed by atoms with E-state index in [1.807, 2.05) is 13.8 Å². The van der Waals surface area contributed by atoms with E-state index in [0.717, 1.165) is 19.1 Å². The third-order valence-electron chi connectivity index (χ3n) is 7.26. The van der Waals surface area contributed by atoms with Crippen molar-refractivity contribution in [1.82, 2.24) is 18.8 Å². The first-order valence-corrected chi connectivity index (χ1v) is 17.2. The van der Waals surface area contributed by atoms with Crippen LogP contribution in [0.1, 0.15) is 50.4 Å². The highest BCUT2D eigenvalue weighted by molar-refractivity contribution is 7.92. The van der Waals surface area contributed by atoms with Gasteiger partial charge in [0.1, 0.15) is 5.75 Å². The van der Waals surface area contributed by atoms with Gasteiger partial charge in [0.2, 0.25) is 10.0 Å². The zero-order valence-electron chi connectivity index (χ0n) is 25.1. The highest BCUT2D eigenvalue weighted by Gasteiger charge is 2.31. The minimum atomic E-state index is -4.03. The lowest BCUT2D eigenvalue weighted by Gasteiger charge is -2.35. The van der Waals surface area contributed by atoms with Crippen molar-refractivity contribution in [2.45, 2.75) is 63.3 Å². The van der Waals surface area contributed by atoms with Crippen LogP contribution in [0.25, 0.3) is 0 Å². The number of carbonyl (C=O) groups excluding carboxylic acids is 1. The van der Waals surface area contributed by atoms with Crippen molar-refractivity contribution in [1.29, 1.82) is 0 Å². The van der Waals surface area contributed by atoms with Crippen LogP contribution in [-0.4, -0.2) is 104 Å². The van der Waals surface area contributed by atoms with E-state index in [-0.39, 0.29) is 53.7 Å². The smallest absolute Gasteiger partial charge is 0.280 e. The van der Waals surface area contributed by atoms with E-state index in [1.165, 1.54) is 45.5 Å². The number of hydrogen-bond acceptors (Lipinski definition) is 9. The second-order valence-corrected chi connectivity index (χ2v) is 14.8. The van der Waals surface area contributed by atoms with Gasteiger partial charge >= 0.3 is 0 Å². The molecule has 236 valence electrons. The van der Waals surface area contributed by atoms with Crippen LogP contribution >= 0.6 is 0 Å². The minimum Gasteiger partial charge on any atom is -0.490 e. The Balaban J connectivity index is 2.02. The summed E-state index contributed by atoms with van der Waals surface area (Å²) in [6.07, 6.45) is 5.27. The van der Waals surface area contributed by atoms with Crippen molar-refractivity contribution >= 4 is 31.6 Å². The number of nitrogens with one attached hydrogen (secondary N) is 1. The minimum absolute atomic E-state index is 0.102. The number of aromatic nitrogens is 2. The number of amides is 1. The first-order chi connectivity index (χ1) is 19.6. The summed E-state index contributed by atoms with van der Waals surface area (Å²) < 4.78 is 67.7. The molecule has 0 saturated carbocycles. The summed E-state index contributed by atoms with van der Waals surface area (Å²) >= 11 is 0. The first kappa shape index (κ1) is 33.8. The number of sulfonamides is 2. The average Bonchev–Trinajstić information content (AvgIpc) is 3.36. The Morgan fingerprint density at radius 3 is 2.55 bits per heavy atom. The molecule has 1 amide bonds. The predicted molar refractivity (Wildman–Crippen MR) is 158 cm³/mol. The normalized spacial score (nSPS) is 22.2. The molecule has 15 heteroatoms. The van der Waals surface area contributed by atoms with Crippen LogP contribution < -0.4 is 9.46 Å². The fraction of sp³-hybridized carbons (Fsp3) is 0.630. The standard InChI is InChI=1S/C27H43N5O8S2/c1-19-14-32(20(2)17-33)27(34)23-13-22(29-42(37,38)26-16-30(4)18-28-26)10-11-24(23)40-21(3)9-7-8-12-39-25(19)15-31(5)41(6,35)36/h10-11,13,16,18-21,25,29,33H,7-9,12,14-15,17H2,1-6H3/t19-,20+,21-,25+/m0/s1. The molecule has 0 saturated heterocycles. The molecule has 13 nitrogen and oxygen atoms in total. The fourth-order valence-corrected chi connectivity index (χ4v) is 6.02. The Morgan fingerprint density at radius 2 is 1.93 bits per heavy atom. The van der Waals surface area contributed by atoms with Crippen molar-refractivity contribution in [2.24, 2.45) is 13.0 Å². The maximum Gasteiger partial charge on any atom is 0.280 e. The molecule has 0 unspecified atom stereocenters. The third kappa shape index (κ3) is 8.89. The van der Waals surface area contributed by atoms with Gasteiger partial charge in [-0.2, -0.15) is 8.42 Å². The lowest BCUT2D eigenvalue weighted by atomic mass is 10.0. The lowest BCUT2D eigenvalue weighted by molar-refractivity contribution is -0.00828. The molecule has 0 radical (unpaired) electrons. The van der Waals surface area contributed by atoms with E-state index in [1.54, 1.807) is 20.0 Å². The number of ether oxygens (including phenoxy) is 2. The highest BCUT2D eigenvalue weighted by Crippen LogP contribution is 2.29. The summed E-state index contributed by atoms with van der Waals surface area (Å²) in [7, 11) is -4.35. The zero-order chi connectivity index (χ0) is 31.2. The maximum absolute atomic E-state index is 14.1. The summed E-state index contributed by atoms with van der Waals surface area (Å²) in [4.78, 5) is 19.5. The molecule has 2 aromatic rings. The van der Waals surface area contributed by atoms with Crippen molar-refractivity contribution in [2.75, 3.05) is 44.3 Å². The zero-order valence-corrected chi connectivity index (χ0v) is 26.7. The largest absolute Gasteiger partial charge is 0.490 e. The molecule has 1 aromatic carbocycles. The quantitative estimate of drug-likeness (QED) is 0.445. The molecule has 1 aromatic heterocycles. The molecular weight excluding hydrogens is 586 g/mol. The molecule has 0 fully saturated rings. The molecule has 0 spiro atoms. The van der Waals surface area contributed by atoms with E-state index in [0.29, 0.717) is 13.0 Å². The topological polar surface area (TPSA) is 160 Å². The van der Waals surface area contributed by atoms with Crippen LogP contribution in [0.2, 0.25) is 0 Å². The first-order valence-electron chi connectivity index (χ1n) is 13.9. The molecule has 2 N–H and O–H groups in total. The Kier molecular flexibility index (Phi) is 11.4. The van der Waals surface area contributed by atoms with Crippen molar-refractivity contribution < 1.29 is 36.2 Å². The van der Waals surface area contributed by atoms with Gasteiger partial charge < -0.3 is 24.0 Å². The fourth-order valence-electron chi connectivity index (χ4n) is 4.57. The maximum atomic E-state index is 14.1. The number of aliphatic hydroxyl groups is 1. The average molecular weight is 630 g/mol. The molecule has 0 aliphatic carbocycles. The molecule has 0 bridgehead atoms. The molecule has 1 aliphatic heterocycles. The van der Waals surface area contributed by atoms with Gasteiger partial charge in [-0.05, 0) is 51.3 Å². The summed E-state index contributed by atoms with van der Waals surface area (Å²) in [5, 5.41) is 9.89. The van der Waals surface area contributed by atoms with Crippen molar-refractivity contribution in [3.05, 3.63) is 36.3 Å². The van der Waals surface area contributed by atoms with Crippen LogP contribution in [0, 0.1) is 5.92 Å². The van der Waals surface area contributed by atoms with Gasteiger partial charge in [0.25, 0.3) is 15.9 Å². The van der Waals surface area contributed by atoms with Crippen LogP contribution in [0.3, 0.4) is 0 Å². The van der Waals surface area contributed by atoms with Crippen LogP contribution in [0.5, 0.6) is 5.75 Å². The number of carbonyl (C=O) groups is 1. The van der Waals surface area contributed by atoms with Crippen molar-refractivity contribution in [3.63, 3.8) is 0 Å². The SMILES string of the molecule is C[C@H](CO)N1C[C@H](C)[C@@H](CN(C)S(C)(=O)=O)OCCCC[C@H](C)Oc2ccc(NS(=O)(=O)c3cn(C)cn3)cc2C1=O. The predicted octanol–water partition coefficient (Wildman–Crippen LogP) is 1.91. The lowest BCUT2D eigenvalue weighted by Crippen LogP contribution is -2.47. The van der Waals surface area contributed by atoms with Crippen molar-refractivity contribution in [3.8, 4) is 5.75 Å². The summed E-state index contributed by atoms with van der Waals surface area (Å²) in [6.45, 7) is 5.79. The Morgan fingerprint density at radius 1 is 1.21 bits per heavy atom. The van der Waals surface area contributed by atoms with Crippen LogP contribution in [0.15, 0.2) is 35.7 Å². The number of rotatable bonds is 8. The van der Waals surface area contributed by atoms with Gasteiger partial charge in [0.15, 0.2) is 5.03 Å². The van der Waals surface area contributed by atoms with E-state index < -0.39 is 38.1 Å². The number of nitrogens with zero attached hydrogens (tertiary/aromatic N) is 4. The molecule has 2 heterocycles. The van der Waals surface area contributed by atoms with E-state index >= 15 is 0 Å². The number of anilines is 1. The molecular formula is C27H43N5O8S2. The van der Waals surface area contributed by atoms with Gasteiger partial charge in [0, 0.05) is 51.6 Å². The van der Waals surface area contributed by atoms with Crippen LogP contribution in [0.4, 0.5) is 5.69 Å². The molecule has 1 aliphatic rings. The highest BCUT2D eigenvalue weighted by atomic mass is 32.2. The van der Waals surface area contributed by atoms with Gasteiger partial charge in [0.05, 0.1) is 43.0 Å². The number of fused-ring (bicyclic) bond motifs is 1. The summed E-state index contributed by atoms with van der Waals surface area (Å²) in [5.74, 6) is -0.501. The monoisotopic (exact) mass is 629 g/mol. The number of aliphatic hydroxyl groups excluding tert-OH is 1.